The Balaban J connectivity index is 0.00000196. The minimum Gasteiger partial charge on any atom is -0.455 e. The molecule has 1 N–H and O–H groups in total. The van der Waals surface area contributed by atoms with Crippen LogP contribution in [0.5, 0.6) is 0 Å². The number of nitrogens with zero attached hydrogens (tertiary/aromatic N) is 2. The molecular weight excluding hydrogens is 378 g/mol. The van der Waals surface area contributed by atoms with Gasteiger partial charge >= 0.3 is 0 Å². The van der Waals surface area contributed by atoms with Crippen LogP contribution in [0.15, 0.2) is 15.4 Å². The molecule has 2 bridgehead atoms. The Morgan fingerprint density at radius 3 is 2.58 bits per heavy atom. The van der Waals surface area contributed by atoms with E-state index in [1.54, 1.807) is 11.8 Å². The molecule has 146 valence electrons. The lowest BCUT2D eigenvalue weighted by Gasteiger charge is -2.23. The van der Waals surface area contributed by atoms with E-state index in [1.807, 2.05) is 0 Å². The fourth-order valence-electron chi connectivity index (χ4n) is 4.18. The van der Waals surface area contributed by atoms with E-state index < -0.39 is 10.0 Å². The molecule has 3 saturated heterocycles. The Morgan fingerprint density at radius 2 is 1.85 bits per heavy atom. The van der Waals surface area contributed by atoms with Crippen LogP contribution >= 0.6 is 12.4 Å². The van der Waals surface area contributed by atoms with Crippen LogP contribution < -0.4 is 5.32 Å². The van der Waals surface area contributed by atoms with Gasteiger partial charge in [-0.15, -0.1) is 12.4 Å². The highest BCUT2D eigenvalue weighted by Crippen LogP contribution is 2.28. The van der Waals surface area contributed by atoms with E-state index >= 15 is 0 Å². The van der Waals surface area contributed by atoms with Gasteiger partial charge in [0, 0.05) is 44.3 Å². The van der Waals surface area contributed by atoms with Crippen molar-refractivity contribution in [2.45, 2.75) is 56.0 Å². The number of likely N-dealkylation sites (tertiary alicyclic amines) is 1. The van der Waals surface area contributed by atoms with E-state index in [2.05, 4.69) is 5.32 Å². The molecule has 3 aliphatic rings. The average molecular weight is 404 g/mol. The highest BCUT2D eigenvalue weighted by molar-refractivity contribution is 7.89. The first kappa shape index (κ1) is 19.7. The van der Waals surface area contributed by atoms with E-state index in [1.165, 1.54) is 16.8 Å². The quantitative estimate of drug-likeness (QED) is 0.831. The van der Waals surface area contributed by atoms with Gasteiger partial charge in [0.25, 0.3) is 5.91 Å². The minimum absolute atomic E-state index is 0. The molecule has 1 aromatic rings. The summed E-state index contributed by atoms with van der Waals surface area (Å²) in [4.78, 5) is 14.8. The summed E-state index contributed by atoms with van der Waals surface area (Å²) in [5.74, 6) is 0.220. The number of carbonyl (C=O) groups excluding carboxylic acids is 1. The summed E-state index contributed by atoms with van der Waals surface area (Å²) in [6.45, 7) is 4.03. The second kappa shape index (κ2) is 7.50. The van der Waals surface area contributed by atoms with Gasteiger partial charge in [-0.25, -0.2) is 8.42 Å². The van der Waals surface area contributed by atoms with Crippen molar-refractivity contribution in [1.29, 1.82) is 0 Å². The number of carbonyl (C=O) groups is 1. The zero-order valence-electron chi connectivity index (χ0n) is 14.9. The second-order valence-corrected chi connectivity index (χ2v) is 9.23. The van der Waals surface area contributed by atoms with E-state index in [4.69, 9.17) is 4.42 Å². The molecule has 7 nitrogen and oxygen atoms in total. The Kier molecular flexibility index (Phi) is 5.67. The third-order valence-corrected chi connectivity index (χ3v) is 7.58. The monoisotopic (exact) mass is 403 g/mol. The molecular formula is C17H26ClN3O4S. The SMILES string of the molecule is Cc1oc(C(=O)N2CCC3CCC(C2)N3)cc1S(=O)(=O)N1CCCC1.Cl. The van der Waals surface area contributed by atoms with E-state index in [9.17, 15) is 13.2 Å². The Bertz CT molecular complexity index is 773. The average Bonchev–Trinajstić information content (AvgIpc) is 3.27. The van der Waals surface area contributed by atoms with Crippen molar-refractivity contribution >= 4 is 28.3 Å². The summed E-state index contributed by atoms with van der Waals surface area (Å²) >= 11 is 0. The number of rotatable bonds is 3. The number of hydrogen-bond donors (Lipinski definition) is 1. The van der Waals surface area contributed by atoms with Crippen molar-refractivity contribution in [2.24, 2.45) is 0 Å². The van der Waals surface area contributed by atoms with Gasteiger partial charge in [-0.2, -0.15) is 4.31 Å². The number of sulfonamides is 1. The van der Waals surface area contributed by atoms with Crippen LogP contribution in [0.4, 0.5) is 0 Å². The molecule has 2 unspecified atom stereocenters. The first-order chi connectivity index (χ1) is 11.9. The third kappa shape index (κ3) is 3.52. The molecule has 9 heteroatoms. The van der Waals surface area contributed by atoms with Gasteiger partial charge in [0.05, 0.1) is 0 Å². The lowest BCUT2D eigenvalue weighted by Crippen LogP contribution is -2.38. The molecule has 3 aliphatic heterocycles. The smallest absolute Gasteiger partial charge is 0.289 e. The van der Waals surface area contributed by atoms with Crippen molar-refractivity contribution in [3.63, 3.8) is 0 Å². The fourth-order valence-corrected chi connectivity index (χ4v) is 5.86. The first-order valence-electron chi connectivity index (χ1n) is 9.11. The third-order valence-electron chi connectivity index (χ3n) is 5.58. The summed E-state index contributed by atoms with van der Waals surface area (Å²) in [7, 11) is -3.57. The van der Waals surface area contributed by atoms with Crippen molar-refractivity contribution in [1.82, 2.24) is 14.5 Å². The lowest BCUT2D eigenvalue weighted by atomic mass is 10.1. The highest BCUT2D eigenvalue weighted by atomic mass is 35.5. The van der Waals surface area contributed by atoms with E-state index in [0.717, 1.165) is 25.7 Å². The Hall–Kier alpha value is -1.09. The summed E-state index contributed by atoms with van der Waals surface area (Å²) in [5, 5.41) is 3.54. The van der Waals surface area contributed by atoms with Crippen molar-refractivity contribution < 1.29 is 17.6 Å². The second-order valence-electron chi connectivity index (χ2n) is 7.32. The number of aryl methyl sites for hydroxylation is 1. The number of halogens is 1. The summed E-state index contributed by atoms with van der Waals surface area (Å²) in [5.41, 5.74) is 0. The molecule has 0 aliphatic carbocycles. The van der Waals surface area contributed by atoms with Gasteiger partial charge in [0.1, 0.15) is 10.7 Å². The van der Waals surface area contributed by atoms with Crippen molar-refractivity contribution in [3.8, 4) is 0 Å². The van der Waals surface area contributed by atoms with Gasteiger partial charge in [-0.1, -0.05) is 0 Å². The maximum atomic E-state index is 12.8. The van der Waals surface area contributed by atoms with Gasteiger partial charge in [-0.3, -0.25) is 4.79 Å². The Labute approximate surface area is 160 Å². The maximum Gasteiger partial charge on any atom is 0.289 e. The molecule has 0 spiro atoms. The molecule has 26 heavy (non-hydrogen) atoms. The van der Waals surface area contributed by atoms with Crippen LogP contribution in [0, 0.1) is 6.92 Å². The standard InChI is InChI=1S/C17H25N3O4S.ClH/c1-12-16(25(22,23)20-7-2-3-8-20)10-15(24-12)17(21)19-9-6-13-4-5-14(11-19)18-13;/h10,13-14,18H,2-9,11H2,1H3;1H. The maximum absolute atomic E-state index is 12.8. The summed E-state index contributed by atoms with van der Waals surface area (Å²) in [6, 6.07) is 2.24. The molecule has 3 fully saturated rings. The summed E-state index contributed by atoms with van der Waals surface area (Å²) < 4.78 is 32.6. The normalized spacial score (nSPS) is 26.6. The molecule has 4 heterocycles. The van der Waals surface area contributed by atoms with E-state index in [0.29, 0.717) is 44.0 Å². The van der Waals surface area contributed by atoms with Crippen LogP contribution in [0.3, 0.4) is 0 Å². The lowest BCUT2D eigenvalue weighted by molar-refractivity contribution is 0.0714. The fraction of sp³-hybridized carbons (Fsp3) is 0.706. The summed E-state index contributed by atoms with van der Waals surface area (Å²) in [6.07, 6.45) is 4.95. The van der Waals surface area contributed by atoms with Crippen molar-refractivity contribution in [2.75, 3.05) is 26.2 Å². The van der Waals surface area contributed by atoms with Crippen LogP contribution in [-0.4, -0.2) is 61.8 Å². The minimum atomic E-state index is -3.57. The van der Waals surface area contributed by atoms with Gasteiger partial charge in [0.15, 0.2) is 5.76 Å². The molecule has 0 aromatic carbocycles. The zero-order chi connectivity index (χ0) is 17.6. The first-order valence-corrected chi connectivity index (χ1v) is 10.5. The molecule has 0 saturated carbocycles. The van der Waals surface area contributed by atoms with Crippen LogP contribution in [0.1, 0.15) is 48.4 Å². The molecule has 2 atom stereocenters. The number of hydrogen-bond acceptors (Lipinski definition) is 5. The van der Waals surface area contributed by atoms with E-state index in [-0.39, 0.29) is 29.0 Å². The zero-order valence-corrected chi connectivity index (χ0v) is 16.6. The largest absolute Gasteiger partial charge is 0.455 e. The number of amides is 1. The van der Waals surface area contributed by atoms with Gasteiger partial charge < -0.3 is 14.6 Å². The highest BCUT2D eigenvalue weighted by Gasteiger charge is 2.35. The van der Waals surface area contributed by atoms with Crippen LogP contribution in [0.2, 0.25) is 0 Å². The number of nitrogens with one attached hydrogen (secondary N) is 1. The molecule has 1 aromatic heterocycles. The topological polar surface area (TPSA) is 82.9 Å². The van der Waals surface area contributed by atoms with Gasteiger partial charge in [0.2, 0.25) is 10.0 Å². The number of furan rings is 1. The van der Waals surface area contributed by atoms with Gasteiger partial charge in [-0.05, 0) is 39.0 Å². The molecule has 0 radical (unpaired) electrons. The predicted octanol–water partition coefficient (Wildman–Crippen LogP) is 1.76. The van der Waals surface area contributed by atoms with Crippen LogP contribution in [-0.2, 0) is 10.0 Å². The molecule has 4 rings (SSSR count). The molecule has 1 amide bonds. The number of fused-ring (bicyclic) bond motifs is 2. The van der Waals surface area contributed by atoms with Crippen molar-refractivity contribution in [3.05, 3.63) is 17.6 Å². The van der Waals surface area contributed by atoms with Crippen LogP contribution in [0.25, 0.3) is 0 Å². The predicted molar refractivity (Wildman–Crippen MR) is 99.2 cm³/mol. The Morgan fingerprint density at radius 1 is 1.15 bits per heavy atom.